The monoisotopic (exact) mass is 501 g/mol. The van der Waals surface area contributed by atoms with Gasteiger partial charge in [-0.25, -0.2) is 0 Å². The van der Waals surface area contributed by atoms with E-state index in [0.29, 0.717) is 36.5 Å². The molecule has 2 amide bonds. The number of amides is 2. The van der Waals surface area contributed by atoms with Gasteiger partial charge in [-0.1, -0.05) is 0 Å². The normalized spacial score (nSPS) is 14.2. The van der Waals surface area contributed by atoms with Crippen LogP contribution in [0.4, 0.5) is 37.7 Å². The van der Waals surface area contributed by atoms with Crippen molar-refractivity contribution in [1.82, 2.24) is 4.90 Å². The molecule has 2 aromatic carbocycles. The van der Waals surface area contributed by atoms with Crippen molar-refractivity contribution in [3.05, 3.63) is 58.7 Å². The summed E-state index contributed by atoms with van der Waals surface area (Å²) in [6.45, 7) is 6.00. The quantitative estimate of drug-likeness (QED) is 0.490. The molecule has 0 atom stereocenters. The molecule has 0 aliphatic carbocycles. The van der Waals surface area contributed by atoms with Gasteiger partial charge in [0.15, 0.2) is 0 Å². The van der Waals surface area contributed by atoms with E-state index in [2.05, 4.69) is 5.32 Å². The Hall–Kier alpha value is -3.24. The minimum atomic E-state index is -5.07. The van der Waals surface area contributed by atoms with Crippen LogP contribution in [0.1, 0.15) is 58.5 Å². The summed E-state index contributed by atoms with van der Waals surface area (Å²) in [4.78, 5) is 29.4. The van der Waals surface area contributed by atoms with Crippen molar-refractivity contribution in [2.24, 2.45) is 0 Å². The van der Waals surface area contributed by atoms with Gasteiger partial charge in [0.05, 0.1) is 16.7 Å². The molecule has 0 bridgehead atoms. The van der Waals surface area contributed by atoms with Crippen LogP contribution in [0.5, 0.6) is 0 Å². The van der Waals surface area contributed by atoms with Gasteiger partial charge >= 0.3 is 12.4 Å². The Morgan fingerprint density at radius 2 is 1.43 bits per heavy atom. The number of hydrogen-bond acceptors (Lipinski definition) is 3. The van der Waals surface area contributed by atoms with Crippen molar-refractivity contribution < 1.29 is 35.9 Å². The summed E-state index contributed by atoms with van der Waals surface area (Å²) in [7, 11) is 0. The zero-order valence-corrected chi connectivity index (χ0v) is 19.2. The largest absolute Gasteiger partial charge is 0.416 e. The lowest BCUT2D eigenvalue weighted by Gasteiger charge is -2.25. The van der Waals surface area contributed by atoms with Crippen LogP contribution in [0.25, 0.3) is 0 Å². The first-order valence-electron chi connectivity index (χ1n) is 11.1. The maximum Gasteiger partial charge on any atom is 0.416 e. The van der Waals surface area contributed by atoms with Crippen LogP contribution >= 0.6 is 0 Å². The average molecular weight is 501 g/mol. The number of rotatable bonds is 6. The minimum Gasteiger partial charge on any atom is -0.371 e. The van der Waals surface area contributed by atoms with Crippen LogP contribution in [0, 0.1) is 0 Å². The highest BCUT2D eigenvalue weighted by molar-refractivity contribution is 6.06. The van der Waals surface area contributed by atoms with E-state index in [1.165, 1.54) is 12.1 Å². The lowest BCUT2D eigenvalue weighted by molar-refractivity contribution is -0.143. The summed E-state index contributed by atoms with van der Waals surface area (Å²) in [6.07, 6.45) is -8.24. The molecular weight excluding hydrogens is 476 g/mol. The predicted molar refractivity (Wildman–Crippen MR) is 120 cm³/mol. The predicted octanol–water partition coefficient (Wildman–Crippen LogP) is 6.06. The molecular formula is C24H25F6N3O2. The Kier molecular flexibility index (Phi) is 7.66. The fourth-order valence-corrected chi connectivity index (χ4v) is 3.99. The van der Waals surface area contributed by atoms with Gasteiger partial charge in [0.1, 0.15) is 0 Å². The first kappa shape index (κ1) is 26.4. The van der Waals surface area contributed by atoms with Crippen molar-refractivity contribution in [2.75, 3.05) is 36.4 Å². The first-order chi connectivity index (χ1) is 16.3. The third-order valence-corrected chi connectivity index (χ3v) is 5.83. The highest BCUT2D eigenvalue weighted by Crippen LogP contribution is 2.36. The molecule has 190 valence electrons. The molecule has 1 heterocycles. The molecule has 0 spiro atoms. The zero-order valence-electron chi connectivity index (χ0n) is 19.2. The topological polar surface area (TPSA) is 52.7 Å². The van der Waals surface area contributed by atoms with Crippen LogP contribution in [0.15, 0.2) is 36.4 Å². The van der Waals surface area contributed by atoms with Gasteiger partial charge in [-0.15, -0.1) is 0 Å². The maximum absolute atomic E-state index is 13.2. The van der Waals surface area contributed by atoms with E-state index in [1.54, 1.807) is 11.0 Å². The van der Waals surface area contributed by atoms with Crippen LogP contribution in [0.2, 0.25) is 0 Å². The smallest absolute Gasteiger partial charge is 0.371 e. The number of carbonyl (C=O) groups is 2. The summed E-state index contributed by atoms with van der Waals surface area (Å²) >= 11 is 0. The Morgan fingerprint density at radius 1 is 0.886 bits per heavy atom. The Bertz CT molecular complexity index is 1060. The molecule has 0 aromatic heterocycles. The van der Waals surface area contributed by atoms with Crippen LogP contribution in [0.3, 0.4) is 0 Å². The van der Waals surface area contributed by atoms with Gasteiger partial charge < -0.3 is 15.1 Å². The van der Waals surface area contributed by atoms with Gasteiger partial charge in [0, 0.05) is 43.1 Å². The van der Waals surface area contributed by atoms with E-state index in [1.807, 2.05) is 18.7 Å². The van der Waals surface area contributed by atoms with Crippen molar-refractivity contribution in [3.8, 4) is 0 Å². The molecule has 35 heavy (non-hydrogen) atoms. The lowest BCUT2D eigenvalue weighted by Crippen LogP contribution is -2.32. The molecule has 1 saturated heterocycles. The van der Waals surface area contributed by atoms with E-state index in [4.69, 9.17) is 0 Å². The number of hydrogen-bond donors (Lipinski definition) is 1. The van der Waals surface area contributed by atoms with E-state index >= 15 is 0 Å². The number of benzene rings is 2. The van der Waals surface area contributed by atoms with E-state index in [0.717, 1.165) is 25.9 Å². The van der Waals surface area contributed by atoms with Gasteiger partial charge in [-0.05, 0) is 63.1 Å². The van der Waals surface area contributed by atoms with Crippen molar-refractivity contribution in [3.63, 3.8) is 0 Å². The fraction of sp³-hybridized carbons (Fsp3) is 0.417. The second-order valence-corrected chi connectivity index (χ2v) is 8.15. The third-order valence-electron chi connectivity index (χ3n) is 5.83. The van der Waals surface area contributed by atoms with E-state index < -0.39 is 35.0 Å². The second kappa shape index (κ2) is 10.2. The standard InChI is InChI=1S/C24H25F6N3O2/c1-3-32(4-2)22(35)19-14-18(7-8-20(19)33-9-5-6-10-33)31-21(34)15-11-16(23(25,26)27)13-17(12-15)24(28,29)30/h7-8,11-14H,3-6,9-10H2,1-2H3,(H,31,34). The molecule has 0 radical (unpaired) electrons. The molecule has 11 heteroatoms. The second-order valence-electron chi connectivity index (χ2n) is 8.15. The molecule has 2 aromatic rings. The van der Waals surface area contributed by atoms with Gasteiger partial charge in [0.2, 0.25) is 0 Å². The SMILES string of the molecule is CCN(CC)C(=O)c1cc(NC(=O)c2cc(C(F)(F)F)cc(C(F)(F)F)c2)ccc1N1CCCC1. The van der Waals surface area contributed by atoms with E-state index in [9.17, 15) is 35.9 Å². The molecule has 1 aliphatic rings. The number of nitrogens with one attached hydrogen (secondary N) is 1. The number of alkyl halides is 6. The Morgan fingerprint density at radius 3 is 1.91 bits per heavy atom. The number of halogens is 6. The van der Waals surface area contributed by atoms with Gasteiger partial charge in [0.25, 0.3) is 11.8 Å². The molecule has 0 saturated carbocycles. The Balaban J connectivity index is 1.99. The number of nitrogens with zero attached hydrogens (tertiary/aromatic N) is 2. The maximum atomic E-state index is 13.2. The summed E-state index contributed by atoms with van der Waals surface area (Å²) in [6, 6.07) is 5.21. The molecule has 1 fully saturated rings. The molecule has 3 rings (SSSR count). The number of carbonyl (C=O) groups excluding carboxylic acids is 2. The Labute approximate surface area is 198 Å². The summed E-state index contributed by atoms with van der Waals surface area (Å²) < 4.78 is 78.9. The van der Waals surface area contributed by atoms with Gasteiger partial charge in [-0.3, -0.25) is 9.59 Å². The zero-order chi connectivity index (χ0) is 26.0. The first-order valence-corrected chi connectivity index (χ1v) is 11.1. The van der Waals surface area contributed by atoms with E-state index in [-0.39, 0.29) is 17.7 Å². The molecule has 0 unspecified atom stereocenters. The molecule has 1 N–H and O–H groups in total. The minimum absolute atomic E-state index is 0.0392. The molecule has 1 aliphatic heterocycles. The van der Waals surface area contributed by atoms with Crippen LogP contribution in [-0.4, -0.2) is 42.9 Å². The third kappa shape index (κ3) is 6.07. The lowest BCUT2D eigenvalue weighted by atomic mass is 10.0. The van der Waals surface area contributed by atoms with Crippen molar-refractivity contribution in [2.45, 2.75) is 39.0 Å². The van der Waals surface area contributed by atoms with Crippen LogP contribution in [-0.2, 0) is 12.4 Å². The molecule has 5 nitrogen and oxygen atoms in total. The average Bonchev–Trinajstić information content (AvgIpc) is 3.33. The van der Waals surface area contributed by atoms with Crippen molar-refractivity contribution in [1.29, 1.82) is 0 Å². The highest BCUT2D eigenvalue weighted by Gasteiger charge is 2.37. The fourth-order valence-electron chi connectivity index (χ4n) is 3.99. The summed E-state index contributed by atoms with van der Waals surface area (Å²) in [5.41, 5.74) is -2.92. The highest BCUT2D eigenvalue weighted by atomic mass is 19.4. The summed E-state index contributed by atoms with van der Waals surface area (Å²) in [5, 5.41) is 2.34. The van der Waals surface area contributed by atoms with Gasteiger partial charge in [-0.2, -0.15) is 26.3 Å². The number of anilines is 2. The summed E-state index contributed by atoms with van der Waals surface area (Å²) in [5.74, 6) is -1.44. The van der Waals surface area contributed by atoms with Crippen molar-refractivity contribution >= 4 is 23.2 Å². The van der Waals surface area contributed by atoms with Crippen LogP contribution < -0.4 is 10.2 Å².